The molecule has 1 aromatic carbocycles. The van der Waals surface area contributed by atoms with E-state index in [2.05, 4.69) is 0 Å². The number of hydrogen-bond donors (Lipinski definition) is 1. The third-order valence-electron chi connectivity index (χ3n) is 2.14. The van der Waals surface area contributed by atoms with Crippen LogP contribution in [-0.2, 0) is 11.3 Å². The Morgan fingerprint density at radius 2 is 2.24 bits per heavy atom. The van der Waals surface area contributed by atoms with Crippen LogP contribution in [-0.4, -0.2) is 29.3 Å². The monoisotopic (exact) mass is 241 g/mol. The summed E-state index contributed by atoms with van der Waals surface area (Å²) in [6, 6.07) is 3.63. The number of amides is 1. The number of carbonyl (C=O) groups excluding carboxylic acids is 1. The van der Waals surface area contributed by atoms with Crippen LogP contribution in [0.15, 0.2) is 18.2 Å². The lowest BCUT2D eigenvalue weighted by molar-refractivity contribution is -0.385. The molecule has 1 aromatic rings. The summed E-state index contributed by atoms with van der Waals surface area (Å²) in [5.41, 5.74) is 4.62. The summed E-state index contributed by atoms with van der Waals surface area (Å²) in [7, 11) is 1.53. The lowest BCUT2D eigenvalue weighted by Gasteiger charge is -2.14. The fourth-order valence-electron chi connectivity index (χ4n) is 1.47. The number of likely N-dealkylation sites (N-methyl/N-ethyl adjacent to an activating group) is 1. The summed E-state index contributed by atoms with van der Waals surface area (Å²) in [6.45, 7) is -0.141. The molecule has 17 heavy (non-hydrogen) atoms. The minimum absolute atomic E-state index is 0.0497. The Bertz CT molecular complexity index is 450. The van der Waals surface area contributed by atoms with Crippen molar-refractivity contribution in [3.63, 3.8) is 0 Å². The van der Waals surface area contributed by atoms with E-state index in [1.165, 1.54) is 24.1 Å². The van der Waals surface area contributed by atoms with Gasteiger partial charge in [0.2, 0.25) is 5.91 Å². The predicted octanol–water partition coefficient (Wildman–Crippen LogP) is 0.651. The van der Waals surface area contributed by atoms with Crippen LogP contribution in [0.4, 0.5) is 10.1 Å². The molecule has 0 atom stereocenters. The molecule has 92 valence electrons. The molecule has 0 bridgehead atoms. The topological polar surface area (TPSA) is 89.5 Å². The van der Waals surface area contributed by atoms with Crippen molar-refractivity contribution < 1.29 is 14.1 Å². The van der Waals surface area contributed by atoms with Gasteiger partial charge in [0.1, 0.15) is 5.82 Å². The highest BCUT2D eigenvalue weighted by atomic mass is 19.1. The van der Waals surface area contributed by atoms with Gasteiger partial charge in [-0.05, 0) is 13.1 Å². The number of halogens is 1. The van der Waals surface area contributed by atoms with Crippen LogP contribution in [0.3, 0.4) is 0 Å². The molecule has 1 rings (SSSR count). The maximum absolute atomic E-state index is 13.5. The Morgan fingerprint density at radius 1 is 1.59 bits per heavy atom. The van der Waals surface area contributed by atoms with Gasteiger partial charge in [-0.15, -0.1) is 0 Å². The van der Waals surface area contributed by atoms with Gasteiger partial charge in [0, 0.05) is 12.6 Å². The van der Waals surface area contributed by atoms with E-state index in [9.17, 15) is 19.3 Å². The van der Waals surface area contributed by atoms with E-state index in [1.54, 1.807) is 0 Å². The van der Waals surface area contributed by atoms with Crippen molar-refractivity contribution in [1.29, 1.82) is 0 Å². The third-order valence-corrected chi connectivity index (χ3v) is 2.14. The largest absolute Gasteiger partial charge is 0.369 e. The molecule has 2 N–H and O–H groups in total. The van der Waals surface area contributed by atoms with Crippen LogP contribution >= 0.6 is 0 Å². The van der Waals surface area contributed by atoms with Crippen LogP contribution in [0.25, 0.3) is 0 Å². The standard InChI is InChI=1S/C10H12FN3O3/c1-13(6-10(12)15)5-7-8(11)3-2-4-9(7)14(16)17/h2-4H,5-6H2,1H3,(H2,12,15). The van der Waals surface area contributed by atoms with Crippen molar-refractivity contribution in [1.82, 2.24) is 4.90 Å². The minimum Gasteiger partial charge on any atom is -0.369 e. The molecule has 6 nitrogen and oxygen atoms in total. The molecule has 0 aliphatic rings. The average Bonchev–Trinajstić information content (AvgIpc) is 2.19. The van der Waals surface area contributed by atoms with Crippen LogP contribution in [0.2, 0.25) is 0 Å². The predicted molar refractivity (Wildman–Crippen MR) is 58.6 cm³/mol. The van der Waals surface area contributed by atoms with Gasteiger partial charge in [0.25, 0.3) is 5.69 Å². The number of nitrogens with two attached hydrogens (primary N) is 1. The number of nitro groups is 1. The summed E-state index contributed by atoms with van der Waals surface area (Å²) in [6.07, 6.45) is 0. The van der Waals surface area contributed by atoms with E-state index in [0.717, 1.165) is 6.07 Å². The van der Waals surface area contributed by atoms with Crippen molar-refractivity contribution in [3.05, 3.63) is 39.7 Å². The molecule has 0 spiro atoms. The Balaban J connectivity index is 2.96. The number of hydrogen-bond acceptors (Lipinski definition) is 4. The minimum atomic E-state index is -0.671. The lowest BCUT2D eigenvalue weighted by atomic mass is 10.1. The smallest absolute Gasteiger partial charge is 0.276 e. The summed E-state index contributed by atoms with van der Waals surface area (Å²) in [5, 5.41) is 10.7. The van der Waals surface area contributed by atoms with Crippen LogP contribution in [0.5, 0.6) is 0 Å². The van der Waals surface area contributed by atoms with Crippen LogP contribution < -0.4 is 5.73 Å². The summed E-state index contributed by atoms with van der Waals surface area (Å²) in [4.78, 5) is 22.1. The van der Waals surface area contributed by atoms with Crippen LogP contribution in [0, 0.1) is 15.9 Å². The van der Waals surface area contributed by atoms with Gasteiger partial charge in [0.05, 0.1) is 17.0 Å². The fourth-order valence-corrected chi connectivity index (χ4v) is 1.47. The molecule has 0 saturated heterocycles. The average molecular weight is 241 g/mol. The molecule has 0 unspecified atom stereocenters. The van der Waals surface area contributed by atoms with E-state index in [1.807, 2.05) is 0 Å². The molecule has 7 heteroatoms. The first-order valence-corrected chi connectivity index (χ1v) is 4.80. The van der Waals surface area contributed by atoms with Crippen molar-refractivity contribution >= 4 is 11.6 Å². The Hall–Kier alpha value is -2.02. The Kier molecular flexibility index (Phi) is 4.11. The third kappa shape index (κ3) is 3.49. The van der Waals surface area contributed by atoms with Crippen molar-refractivity contribution in [2.75, 3.05) is 13.6 Å². The number of carbonyl (C=O) groups is 1. The molecule has 1 amide bonds. The molecular formula is C10H12FN3O3. The first kappa shape index (κ1) is 13.0. The second kappa shape index (κ2) is 5.35. The van der Waals surface area contributed by atoms with Crippen molar-refractivity contribution in [2.45, 2.75) is 6.54 Å². The van der Waals surface area contributed by atoms with E-state index >= 15 is 0 Å². The maximum Gasteiger partial charge on any atom is 0.276 e. The number of nitro benzene ring substituents is 1. The quantitative estimate of drug-likeness (QED) is 0.605. The Labute approximate surface area is 97.0 Å². The van der Waals surface area contributed by atoms with Gasteiger partial charge < -0.3 is 5.73 Å². The van der Waals surface area contributed by atoms with Gasteiger partial charge in [-0.1, -0.05) is 6.07 Å². The zero-order valence-corrected chi connectivity index (χ0v) is 9.22. The highest BCUT2D eigenvalue weighted by Crippen LogP contribution is 2.22. The highest BCUT2D eigenvalue weighted by Gasteiger charge is 2.19. The van der Waals surface area contributed by atoms with E-state index in [0.29, 0.717) is 0 Å². The van der Waals surface area contributed by atoms with E-state index in [-0.39, 0.29) is 24.3 Å². The van der Waals surface area contributed by atoms with E-state index < -0.39 is 16.6 Å². The molecule has 0 aliphatic carbocycles. The van der Waals surface area contributed by atoms with Gasteiger partial charge >= 0.3 is 0 Å². The Morgan fingerprint density at radius 3 is 2.76 bits per heavy atom. The summed E-state index contributed by atoms with van der Waals surface area (Å²) < 4.78 is 13.5. The number of benzene rings is 1. The maximum atomic E-state index is 13.5. The number of nitrogens with zero attached hydrogens (tertiary/aromatic N) is 2. The van der Waals surface area contributed by atoms with Crippen molar-refractivity contribution in [2.24, 2.45) is 5.73 Å². The zero-order valence-electron chi connectivity index (χ0n) is 9.22. The van der Waals surface area contributed by atoms with Crippen molar-refractivity contribution in [3.8, 4) is 0 Å². The normalized spacial score (nSPS) is 10.5. The molecule has 0 radical (unpaired) electrons. The lowest BCUT2D eigenvalue weighted by Crippen LogP contribution is -2.30. The second-order valence-corrected chi connectivity index (χ2v) is 3.63. The van der Waals surface area contributed by atoms with Gasteiger partial charge in [0.15, 0.2) is 0 Å². The number of rotatable bonds is 5. The van der Waals surface area contributed by atoms with Gasteiger partial charge in [-0.3, -0.25) is 19.8 Å². The summed E-state index contributed by atoms with van der Waals surface area (Å²) in [5.74, 6) is -1.25. The number of primary amides is 1. The molecule has 0 aliphatic heterocycles. The first-order valence-electron chi connectivity index (χ1n) is 4.80. The SMILES string of the molecule is CN(CC(N)=O)Cc1c(F)cccc1[N+](=O)[O-]. The first-order chi connectivity index (χ1) is 7.91. The van der Waals surface area contributed by atoms with Gasteiger partial charge in [-0.25, -0.2) is 4.39 Å². The van der Waals surface area contributed by atoms with Gasteiger partial charge in [-0.2, -0.15) is 0 Å². The van der Waals surface area contributed by atoms with Crippen LogP contribution in [0.1, 0.15) is 5.56 Å². The molecule has 0 saturated carbocycles. The molecule has 0 aromatic heterocycles. The summed E-state index contributed by atoms with van der Waals surface area (Å²) >= 11 is 0. The molecule has 0 heterocycles. The van der Waals surface area contributed by atoms with E-state index in [4.69, 9.17) is 5.73 Å². The zero-order chi connectivity index (χ0) is 13.0. The molecular weight excluding hydrogens is 229 g/mol. The molecule has 0 fully saturated rings. The highest BCUT2D eigenvalue weighted by molar-refractivity contribution is 5.75. The second-order valence-electron chi connectivity index (χ2n) is 3.63. The fraction of sp³-hybridized carbons (Fsp3) is 0.300.